The van der Waals surface area contributed by atoms with Crippen LogP contribution in [0.1, 0.15) is 35.2 Å². The van der Waals surface area contributed by atoms with Crippen LogP contribution in [-0.4, -0.2) is 25.2 Å². The second kappa shape index (κ2) is 7.51. The van der Waals surface area contributed by atoms with Gasteiger partial charge in [-0.3, -0.25) is 9.48 Å². The lowest BCUT2D eigenvalue weighted by Gasteiger charge is -2.19. The highest BCUT2D eigenvalue weighted by molar-refractivity contribution is 5.76. The highest BCUT2D eigenvalue weighted by Gasteiger charge is 2.21. The number of imidazole rings is 1. The topological polar surface area (TPSA) is 64.7 Å². The van der Waals surface area contributed by atoms with Crippen LogP contribution >= 0.6 is 0 Å². The molecule has 0 bridgehead atoms. The number of halogens is 1. The van der Waals surface area contributed by atoms with Crippen molar-refractivity contribution in [2.45, 2.75) is 32.9 Å². The number of amides is 1. The summed E-state index contributed by atoms with van der Waals surface area (Å²) in [5.74, 6) is 0.258. The maximum absolute atomic E-state index is 13.3. The number of hydrogen-bond donors (Lipinski definition) is 1. The lowest BCUT2D eigenvalue weighted by atomic mass is 10.1. The maximum Gasteiger partial charge on any atom is 0.222 e. The standard InChI is InChI=1S/C19H22FN5O/c1-13-12-14(2)25(23-13)10-8-17(26)22-18(19-21-9-11-24(19)3)15-4-6-16(20)7-5-15/h4-7,9,11-12,18H,8,10H2,1-3H3,(H,22,26). The number of carbonyl (C=O) groups is 1. The Balaban J connectivity index is 1.75. The number of rotatable bonds is 6. The van der Waals surface area contributed by atoms with Crippen molar-refractivity contribution in [2.75, 3.05) is 0 Å². The van der Waals surface area contributed by atoms with Gasteiger partial charge < -0.3 is 9.88 Å². The van der Waals surface area contributed by atoms with Crippen molar-refractivity contribution in [3.63, 3.8) is 0 Å². The number of benzene rings is 1. The first-order valence-electron chi connectivity index (χ1n) is 8.47. The van der Waals surface area contributed by atoms with Gasteiger partial charge in [0.1, 0.15) is 17.7 Å². The van der Waals surface area contributed by atoms with Crippen molar-refractivity contribution in [1.82, 2.24) is 24.6 Å². The first-order valence-corrected chi connectivity index (χ1v) is 8.47. The summed E-state index contributed by atoms with van der Waals surface area (Å²) >= 11 is 0. The smallest absolute Gasteiger partial charge is 0.222 e. The zero-order chi connectivity index (χ0) is 18.7. The summed E-state index contributed by atoms with van der Waals surface area (Å²) in [4.78, 5) is 16.9. The van der Waals surface area contributed by atoms with Gasteiger partial charge in [0.2, 0.25) is 5.91 Å². The van der Waals surface area contributed by atoms with Gasteiger partial charge in [-0.1, -0.05) is 12.1 Å². The number of carbonyl (C=O) groups excluding carboxylic acids is 1. The second-order valence-corrected chi connectivity index (χ2v) is 6.35. The van der Waals surface area contributed by atoms with E-state index in [-0.39, 0.29) is 11.7 Å². The van der Waals surface area contributed by atoms with Crippen LogP contribution in [0.25, 0.3) is 0 Å². The fourth-order valence-corrected chi connectivity index (χ4v) is 2.95. The van der Waals surface area contributed by atoms with Crippen LogP contribution in [0.3, 0.4) is 0 Å². The predicted octanol–water partition coefficient (Wildman–Crippen LogP) is 2.67. The molecule has 2 aromatic heterocycles. The van der Waals surface area contributed by atoms with Crippen molar-refractivity contribution < 1.29 is 9.18 Å². The SMILES string of the molecule is Cc1cc(C)n(CCC(=O)NC(c2ccc(F)cc2)c2nccn2C)n1. The Bertz CT molecular complexity index is 897. The summed E-state index contributed by atoms with van der Waals surface area (Å²) in [5.41, 5.74) is 2.73. The third-order valence-electron chi connectivity index (χ3n) is 4.28. The fourth-order valence-electron chi connectivity index (χ4n) is 2.95. The molecule has 2 heterocycles. The van der Waals surface area contributed by atoms with Crippen LogP contribution in [0.4, 0.5) is 4.39 Å². The normalized spacial score (nSPS) is 12.2. The van der Waals surface area contributed by atoms with Crippen LogP contribution in [0.15, 0.2) is 42.7 Å². The molecule has 1 aromatic carbocycles. The minimum absolute atomic E-state index is 0.116. The quantitative estimate of drug-likeness (QED) is 0.739. The predicted molar refractivity (Wildman–Crippen MR) is 95.9 cm³/mol. The molecule has 1 amide bonds. The first-order chi connectivity index (χ1) is 12.4. The lowest BCUT2D eigenvalue weighted by molar-refractivity contribution is -0.121. The van der Waals surface area contributed by atoms with Crippen LogP contribution in [0.2, 0.25) is 0 Å². The van der Waals surface area contributed by atoms with E-state index in [2.05, 4.69) is 15.4 Å². The van der Waals surface area contributed by atoms with Crippen molar-refractivity contribution in [2.24, 2.45) is 7.05 Å². The van der Waals surface area contributed by atoms with Crippen LogP contribution in [0.5, 0.6) is 0 Å². The highest BCUT2D eigenvalue weighted by atomic mass is 19.1. The number of nitrogens with one attached hydrogen (secondary N) is 1. The van der Waals surface area contributed by atoms with Crippen LogP contribution in [-0.2, 0) is 18.4 Å². The highest BCUT2D eigenvalue weighted by Crippen LogP contribution is 2.21. The van der Waals surface area contributed by atoms with Crippen molar-refractivity contribution >= 4 is 5.91 Å². The van der Waals surface area contributed by atoms with E-state index in [4.69, 9.17) is 0 Å². The molecule has 1 N–H and O–H groups in total. The maximum atomic E-state index is 13.3. The van der Waals surface area contributed by atoms with Gasteiger partial charge in [-0.2, -0.15) is 5.10 Å². The minimum atomic E-state index is -0.441. The molecule has 6 nitrogen and oxygen atoms in total. The molecule has 26 heavy (non-hydrogen) atoms. The summed E-state index contributed by atoms with van der Waals surface area (Å²) < 4.78 is 16.9. The second-order valence-electron chi connectivity index (χ2n) is 6.35. The van der Waals surface area contributed by atoms with Gasteiger partial charge in [0.05, 0.1) is 5.69 Å². The lowest BCUT2D eigenvalue weighted by Crippen LogP contribution is -2.31. The molecule has 7 heteroatoms. The van der Waals surface area contributed by atoms with Gasteiger partial charge in [0, 0.05) is 38.1 Å². The Morgan fingerprint density at radius 3 is 2.58 bits per heavy atom. The Labute approximate surface area is 151 Å². The van der Waals surface area contributed by atoms with E-state index < -0.39 is 6.04 Å². The monoisotopic (exact) mass is 355 g/mol. The molecule has 0 saturated heterocycles. The summed E-state index contributed by atoms with van der Waals surface area (Å²) in [6.07, 6.45) is 3.78. The molecule has 0 aliphatic carbocycles. The van der Waals surface area contributed by atoms with Gasteiger partial charge >= 0.3 is 0 Å². The molecule has 1 unspecified atom stereocenters. The summed E-state index contributed by atoms with van der Waals surface area (Å²) in [6.45, 7) is 4.39. The molecule has 136 valence electrons. The van der Waals surface area contributed by atoms with Gasteiger partial charge in [-0.25, -0.2) is 9.37 Å². The molecule has 1 atom stereocenters. The molecule has 3 aromatic rings. The van der Waals surface area contributed by atoms with Crippen LogP contribution < -0.4 is 5.32 Å². The van der Waals surface area contributed by atoms with Crippen LogP contribution in [0, 0.1) is 19.7 Å². The number of aryl methyl sites for hydroxylation is 4. The number of nitrogens with zero attached hydrogens (tertiary/aromatic N) is 4. The molecular formula is C19H22FN5O. The van der Waals surface area contributed by atoms with E-state index in [1.165, 1.54) is 12.1 Å². The minimum Gasteiger partial charge on any atom is -0.342 e. The molecule has 0 radical (unpaired) electrons. The van der Waals surface area contributed by atoms with E-state index in [1.807, 2.05) is 42.4 Å². The Kier molecular flexibility index (Phi) is 5.16. The van der Waals surface area contributed by atoms with Gasteiger partial charge in [0.15, 0.2) is 0 Å². The molecule has 0 spiro atoms. The molecular weight excluding hydrogens is 333 g/mol. The Morgan fingerprint density at radius 2 is 2.00 bits per heavy atom. The first kappa shape index (κ1) is 17.8. The average Bonchev–Trinajstić information content (AvgIpc) is 3.16. The fraction of sp³-hybridized carbons (Fsp3) is 0.316. The van der Waals surface area contributed by atoms with Crippen molar-refractivity contribution in [3.05, 3.63) is 71.3 Å². The van der Waals surface area contributed by atoms with E-state index in [0.29, 0.717) is 18.8 Å². The summed E-state index contributed by atoms with van der Waals surface area (Å²) in [7, 11) is 1.86. The third-order valence-corrected chi connectivity index (χ3v) is 4.28. The molecule has 3 rings (SSSR count). The summed E-state index contributed by atoms with van der Waals surface area (Å²) in [5, 5.41) is 7.38. The number of aromatic nitrogens is 4. The van der Waals surface area contributed by atoms with E-state index >= 15 is 0 Å². The molecule has 0 saturated carbocycles. The molecule has 0 fully saturated rings. The van der Waals surface area contributed by atoms with E-state index in [9.17, 15) is 9.18 Å². The van der Waals surface area contributed by atoms with Gasteiger partial charge in [-0.15, -0.1) is 0 Å². The zero-order valence-corrected chi connectivity index (χ0v) is 15.1. The Morgan fingerprint density at radius 1 is 1.27 bits per heavy atom. The van der Waals surface area contributed by atoms with Crippen molar-refractivity contribution in [3.8, 4) is 0 Å². The molecule has 0 aliphatic heterocycles. The van der Waals surface area contributed by atoms with Gasteiger partial charge in [0.25, 0.3) is 0 Å². The van der Waals surface area contributed by atoms with Crippen molar-refractivity contribution in [1.29, 1.82) is 0 Å². The zero-order valence-electron chi connectivity index (χ0n) is 15.1. The average molecular weight is 355 g/mol. The molecule has 0 aliphatic rings. The number of hydrogen-bond acceptors (Lipinski definition) is 3. The van der Waals surface area contributed by atoms with Gasteiger partial charge in [-0.05, 0) is 37.6 Å². The summed E-state index contributed by atoms with van der Waals surface area (Å²) in [6, 6.07) is 7.63. The largest absolute Gasteiger partial charge is 0.342 e. The van der Waals surface area contributed by atoms with E-state index in [1.54, 1.807) is 18.3 Å². The third kappa shape index (κ3) is 3.99. The van der Waals surface area contributed by atoms with E-state index in [0.717, 1.165) is 17.0 Å². The Hall–Kier alpha value is -2.96.